The summed E-state index contributed by atoms with van der Waals surface area (Å²) >= 11 is 0. The van der Waals surface area contributed by atoms with Crippen LogP contribution in [0.4, 0.5) is 5.69 Å². The molecule has 2 unspecified atom stereocenters. The van der Waals surface area contributed by atoms with Gasteiger partial charge in [-0.3, -0.25) is 9.89 Å². The van der Waals surface area contributed by atoms with Crippen LogP contribution in [0.15, 0.2) is 0 Å². The molecule has 2 fully saturated rings. The van der Waals surface area contributed by atoms with E-state index in [1.807, 2.05) is 18.7 Å². The fourth-order valence-electron chi connectivity index (χ4n) is 3.45. The van der Waals surface area contributed by atoms with Gasteiger partial charge in [-0.25, -0.2) is 0 Å². The van der Waals surface area contributed by atoms with Crippen LogP contribution in [0.3, 0.4) is 0 Å². The maximum absolute atomic E-state index is 12.8. The van der Waals surface area contributed by atoms with Gasteiger partial charge in [0, 0.05) is 6.54 Å². The van der Waals surface area contributed by atoms with Gasteiger partial charge in [-0.05, 0) is 18.8 Å². The number of nitrogens with one attached hydrogen (secondary N) is 1. The number of hydrogen-bond acceptors (Lipinski definition) is 4. The Kier molecular flexibility index (Phi) is 3.89. The molecular weight excluding hydrogens is 268 g/mol. The predicted octanol–water partition coefficient (Wildman–Crippen LogP) is 1.90. The van der Waals surface area contributed by atoms with E-state index in [4.69, 9.17) is 10.5 Å². The van der Waals surface area contributed by atoms with E-state index in [1.165, 1.54) is 6.42 Å². The van der Waals surface area contributed by atoms with Crippen molar-refractivity contribution in [2.24, 2.45) is 0 Å². The number of aromatic nitrogens is 2. The molecule has 0 spiro atoms. The van der Waals surface area contributed by atoms with E-state index >= 15 is 0 Å². The summed E-state index contributed by atoms with van der Waals surface area (Å²) in [6, 6.07) is 0.179. The molecule has 1 aromatic heterocycles. The molecular formula is C15H24N4O2. The normalized spacial score (nSPS) is 26.0. The van der Waals surface area contributed by atoms with Crippen molar-refractivity contribution in [1.29, 1.82) is 0 Å². The summed E-state index contributed by atoms with van der Waals surface area (Å²) in [5.74, 6) is 0.169. The van der Waals surface area contributed by atoms with Gasteiger partial charge < -0.3 is 15.4 Å². The molecule has 2 heterocycles. The summed E-state index contributed by atoms with van der Waals surface area (Å²) in [5, 5.41) is 7.08. The molecule has 6 nitrogen and oxygen atoms in total. The van der Waals surface area contributed by atoms with Crippen molar-refractivity contribution in [3.63, 3.8) is 0 Å². The third kappa shape index (κ3) is 2.52. The number of hydrogen-bond donors (Lipinski definition) is 2. The van der Waals surface area contributed by atoms with Crippen LogP contribution in [0.25, 0.3) is 0 Å². The van der Waals surface area contributed by atoms with Gasteiger partial charge in [-0.15, -0.1) is 0 Å². The number of nitrogen functional groups attached to an aromatic ring is 1. The summed E-state index contributed by atoms with van der Waals surface area (Å²) in [6.45, 7) is 5.30. The minimum Gasteiger partial charge on any atom is -0.395 e. The number of ether oxygens (including phenoxy) is 1. The molecule has 21 heavy (non-hydrogen) atoms. The summed E-state index contributed by atoms with van der Waals surface area (Å²) < 4.78 is 5.82. The number of rotatable bonds is 2. The molecule has 2 aliphatic rings. The topological polar surface area (TPSA) is 84.2 Å². The average molecular weight is 292 g/mol. The lowest BCUT2D eigenvalue weighted by molar-refractivity contribution is -0.0754. The molecule has 0 bridgehead atoms. The Bertz CT molecular complexity index is 524. The maximum atomic E-state index is 12.8. The first kappa shape index (κ1) is 14.4. The minimum absolute atomic E-state index is 0.0594. The van der Waals surface area contributed by atoms with Crippen LogP contribution >= 0.6 is 0 Å². The van der Waals surface area contributed by atoms with Gasteiger partial charge in [0.1, 0.15) is 0 Å². The molecule has 1 aromatic rings. The molecule has 0 aromatic carbocycles. The minimum atomic E-state index is -0.0594. The predicted molar refractivity (Wildman–Crippen MR) is 80.1 cm³/mol. The van der Waals surface area contributed by atoms with Crippen molar-refractivity contribution in [2.45, 2.75) is 57.6 Å². The highest BCUT2D eigenvalue weighted by atomic mass is 16.5. The maximum Gasteiger partial charge on any atom is 0.276 e. The highest BCUT2D eigenvalue weighted by Gasteiger charge is 2.38. The second kappa shape index (κ2) is 5.67. The van der Waals surface area contributed by atoms with Crippen LogP contribution in [0, 0.1) is 0 Å². The van der Waals surface area contributed by atoms with Crippen molar-refractivity contribution in [2.75, 3.05) is 18.9 Å². The van der Waals surface area contributed by atoms with Gasteiger partial charge in [0.05, 0.1) is 30.1 Å². The van der Waals surface area contributed by atoms with Crippen molar-refractivity contribution in [3.05, 3.63) is 11.4 Å². The first-order valence-corrected chi connectivity index (χ1v) is 7.86. The van der Waals surface area contributed by atoms with Gasteiger partial charge in [-0.1, -0.05) is 26.7 Å². The van der Waals surface area contributed by atoms with Crippen molar-refractivity contribution < 1.29 is 9.53 Å². The van der Waals surface area contributed by atoms with E-state index in [0.717, 1.165) is 25.0 Å². The number of morpholine rings is 1. The monoisotopic (exact) mass is 292 g/mol. The number of H-pyrrole nitrogens is 1. The number of anilines is 1. The van der Waals surface area contributed by atoms with Crippen molar-refractivity contribution in [3.8, 4) is 0 Å². The first-order chi connectivity index (χ1) is 10.1. The third-order valence-electron chi connectivity index (χ3n) is 4.61. The van der Waals surface area contributed by atoms with Crippen LogP contribution in [0.1, 0.15) is 61.6 Å². The zero-order valence-corrected chi connectivity index (χ0v) is 12.8. The molecule has 6 heteroatoms. The number of carbonyl (C=O) groups excluding carboxylic acids is 1. The molecule has 1 saturated heterocycles. The van der Waals surface area contributed by atoms with Crippen LogP contribution in [0.5, 0.6) is 0 Å². The zero-order valence-electron chi connectivity index (χ0n) is 12.8. The van der Waals surface area contributed by atoms with Crippen LogP contribution in [0.2, 0.25) is 0 Å². The number of nitrogens with zero attached hydrogens (tertiary/aromatic N) is 2. The lowest BCUT2D eigenvalue weighted by atomic mass is 9.90. The molecule has 1 aliphatic carbocycles. The second-order valence-corrected chi connectivity index (χ2v) is 6.31. The van der Waals surface area contributed by atoms with E-state index < -0.39 is 0 Å². The number of aromatic amines is 1. The number of amides is 1. The number of carbonyl (C=O) groups is 1. The number of fused-ring (bicyclic) bond motifs is 1. The average Bonchev–Trinajstić information content (AvgIpc) is 2.88. The smallest absolute Gasteiger partial charge is 0.276 e. The van der Waals surface area contributed by atoms with Crippen molar-refractivity contribution >= 4 is 11.6 Å². The largest absolute Gasteiger partial charge is 0.395 e. The van der Waals surface area contributed by atoms with E-state index in [2.05, 4.69) is 10.2 Å². The van der Waals surface area contributed by atoms with Crippen LogP contribution in [-0.2, 0) is 4.74 Å². The van der Waals surface area contributed by atoms with Crippen LogP contribution < -0.4 is 5.73 Å². The Hall–Kier alpha value is -1.56. The molecule has 3 N–H and O–H groups in total. The fourth-order valence-corrected chi connectivity index (χ4v) is 3.45. The molecule has 1 aliphatic heterocycles. The molecule has 2 atom stereocenters. The highest BCUT2D eigenvalue weighted by Crippen LogP contribution is 2.31. The lowest BCUT2D eigenvalue weighted by Gasteiger charge is -2.43. The van der Waals surface area contributed by atoms with E-state index in [1.54, 1.807) is 0 Å². The second-order valence-electron chi connectivity index (χ2n) is 6.31. The van der Waals surface area contributed by atoms with Crippen LogP contribution in [-0.4, -0.2) is 46.3 Å². The van der Waals surface area contributed by atoms with Gasteiger partial charge in [0.15, 0.2) is 5.69 Å². The Morgan fingerprint density at radius 2 is 2.19 bits per heavy atom. The Balaban J connectivity index is 1.84. The molecule has 0 radical (unpaired) electrons. The molecule has 1 saturated carbocycles. The van der Waals surface area contributed by atoms with Gasteiger partial charge in [0.25, 0.3) is 5.91 Å². The number of nitrogens with two attached hydrogens (primary N) is 1. The van der Waals surface area contributed by atoms with E-state index in [9.17, 15) is 4.79 Å². The molecule has 3 rings (SSSR count). The van der Waals surface area contributed by atoms with E-state index in [0.29, 0.717) is 24.5 Å². The first-order valence-electron chi connectivity index (χ1n) is 7.86. The van der Waals surface area contributed by atoms with Gasteiger partial charge in [0.2, 0.25) is 0 Å². The Labute approximate surface area is 125 Å². The Morgan fingerprint density at radius 3 is 2.90 bits per heavy atom. The van der Waals surface area contributed by atoms with E-state index in [-0.39, 0.29) is 24.0 Å². The molecule has 116 valence electrons. The SMILES string of the molecule is CC(C)c1[nH]nc(C(=O)N2CCOC3CCCCC32)c1N. The fraction of sp³-hybridized carbons (Fsp3) is 0.733. The summed E-state index contributed by atoms with van der Waals surface area (Å²) in [5.41, 5.74) is 7.81. The lowest BCUT2D eigenvalue weighted by Crippen LogP contribution is -2.55. The summed E-state index contributed by atoms with van der Waals surface area (Å²) in [7, 11) is 0. The zero-order chi connectivity index (χ0) is 15.0. The third-order valence-corrected chi connectivity index (χ3v) is 4.61. The summed E-state index contributed by atoms with van der Waals surface area (Å²) in [6.07, 6.45) is 4.58. The van der Waals surface area contributed by atoms with Gasteiger partial charge in [-0.2, -0.15) is 5.10 Å². The quantitative estimate of drug-likeness (QED) is 0.872. The van der Waals surface area contributed by atoms with Crippen molar-refractivity contribution in [1.82, 2.24) is 15.1 Å². The summed E-state index contributed by atoms with van der Waals surface area (Å²) in [4.78, 5) is 14.7. The standard InChI is InChI=1S/C15H24N4O2/c1-9(2)13-12(16)14(18-17-13)15(20)19-7-8-21-11-6-4-3-5-10(11)19/h9-11H,3-8,16H2,1-2H3,(H,17,18). The highest BCUT2D eigenvalue weighted by molar-refractivity contribution is 5.98. The molecule has 1 amide bonds. The Morgan fingerprint density at radius 1 is 1.43 bits per heavy atom. The van der Waals surface area contributed by atoms with Gasteiger partial charge >= 0.3 is 0 Å².